The van der Waals surface area contributed by atoms with E-state index in [0.717, 1.165) is 25.2 Å². The zero-order valence-electron chi connectivity index (χ0n) is 22.1. The maximum absolute atomic E-state index is 13.3. The number of aromatic nitrogens is 4. The van der Waals surface area contributed by atoms with Crippen molar-refractivity contribution in [1.82, 2.24) is 19.9 Å². The van der Waals surface area contributed by atoms with E-state index in [9.17, 15) is 4.79 Å². The van der Waals surface area contributed by atoms with Crippen LogP contribution in [0, 0.1) is 10.8 Å². The van der Waals surface area contributed by atoms with Crippen LogP contribution in [0.25, 0.3) is 53.7 Å². The van der Waals surface area contributed by atoms with Gasteiger partial charge in [0.25, 0.3) is 0 Å². The molecule has 0 radical (unpaired) electrons. The third kappa shape index (κ3) is 3.97. The second-order valence-electron chi connectivity index (χ2n) is 9.43. The van der Waals surface area contributed by atoms with Gasteiger partial charge >= 0.3 is 0 Å². The Balaban J connectivity index is 0.00000144. The Labute approximate surface area is 227 Å². The number of hydrogen-bond acceptors (Lipinski definition) is 9. The molecule has 192 valence electrons. The van der Waals surface area contributed by atoms with E-state index >= 15 is 0 Å². The van der Waals surface area contributed by atoms with Crippen molar-refractivity contribution < 1.29 is 0 Å². The molecule has 6 rings (SSSR count). The van der Waals surface area contributed by atoms with Gasteiger partial charge in [0, 0.05) is 46.1 Å². The zero-order valence-corrected chi connectivity index (χ0v) is 23.8. The summed E-state index contributed by atoms with van der Waals surface area (Å²) in [4.78, 5) is 33.7. The van der Waals surface area contributed by atoms with Crippen molar-refractivity contribution in [2.75, 3.05) is 0 Å². The molecule has 0 saturated carbocycles. The van der Waals surface area contributed by atoms with Crippen LogP contribution in [0.5, 0.6) is 0 Å². The molecule has 0 aliphatic rings. The van der Waals surface area contributed by atoms with E-state index in [1.807, 2.05) is 32.0 Å². The highest BCUT2D eigenvalue weighted by Gasteiger charge is 2.24. The maximum atomic E-state index is 13.3. The van der Waals surface area contributed by atoms with Gasteiger partial charge < -0.3 is 0 Å². The summed E-state index contributed by atoms with van der Waals surface area (Å²) in [6.45, 7) is 12.3. The predicted octanol–water partition coefficient (Wildman–Crippen LogP) is 6.65. The first-order valence-corrected chi connectivity index (χ1v) is 14.3. The quantitative estimate of drug-likeness (QED) is 0.260. The molecule has 0 spiro atoms. The average Bonchev–Trinajstić information content (AvgIpc) is 3.65. The molecule has 0 bridgehead atoms. The van der Waals surface area contributed by atoms with Crippen molar-refractivity contribution >= 4 is 55.5 Å². The van der Waals surface area contributed by atoms with Gasteiger partial charge in [-0.3, -0.25) is 15.6 Å². The van der Waals surface area contributed by atoms with Gasteiger partial charge in [-0.15, -0.1) is 22.7 Å². The molecule has 0 atom stereocenters. The lowest BCUT2D eigenvalue weighted by Gasteiger charge is -2.09. The molecule has 3 heterocycles. The fraction of sp³-hybridized carbons (Fsp3) is 0.276. The predicted molar refractivity (Wildman–Crippen MR) is 157 cm³/mol. The van der Waals surface area contributed by atoms with Gasteiger partial charge in [-0.05, 0) is 0 Å². The van der Waals surface area contributed by atoms with E-state index in [-0.39, 0.29) is 33.5 Å². The second-order valence-corrected chi connectivity index (χ2v) is 11.6. The summed E-state index contributed by atoms with van der Waals surface area (Å²) in [7, 11) is 0. The fourth-order valence-corrected chi connectivity index (χ4v) is 6.40. The van der Waals surface area contributed by atoms with Crippen molar-refractivity contribution in [2.45, 2.75) is 53.4 Å². The smallest absolute Gasteiger partial charge is 0.214 e. The van der Waals surface area contributed by atoms with Crippen LogP contribution in [-0.4, -0.2) is 19.9 Å². The SMILES string of the molecule is CC.CC(C)c1ncc(-c2c(=N)c(=N)c(-c3cnc(C(C)C)s3)c3nc4c(nc23)c(=O)c2ccccc24)s1. The molecule has 0 amide bonds. The number of benzene rings is 2. The van der Waals surface area contributed by atoms with E-state index in [1.165, 1.54) is 22.7 Å². The lowest BCUT2D eigenvalue weighted by atomic mass is 10.0. The first kappa shape index (κ1) is 25.9. The van der Waals surface area contributed by atoms with Crippen molar-refractivity contribution in [3.63, 3.8) is 0 Å². The number of nitrogens with zero attached hydrogens (tertiary/aromatic N) is 4. The number of rotatable bonds is 4. The molecule has 7 nitrogen and oxygen atoms in total. The lowest BCUT2D eigenvalue weighted by Crippen LogP contribution is -2.28. The summed E-state index contributed by atoms with van der Waals surface area (Å²) in [5.41, 5.74) is 2.62. The molecule has 0 fully saturated rings. The Morgan fingerprint density at radius 1 is 0.684 bits per heavy atom. The molecule has 38 heavy (non-hydrogen) atoms. The van der Waals surface area contributed by atoms with Gasteiger partial charge in [0.1, 0.15) is 22.1 Å². The van der Waals surface area contributed by atoms with Crippen molar-refractivity contribution in [1.29, 1.82) is 10.8 Å². The van der Waals surface area contributed by atoms with Gasteiger partial charge in [-0.2, -0.15) is 0 Å². The summed E-state index contributed by atoms with van der Waals surface area (Å²) in [5.74, 6) is 0.474. The Morgan fingerprint density at radius 2 is 1.13 bits per heavy atom. The standard InChI is InChI=1S/C27H22N6OS2.C2H6/c1-11(2)26-30-9-15(35-26)17-19(28)20(29)18(16-10-31-27(36-16)12(3)4)23-22(17)32-21-13-7-5-6-8-14(13)25(34)24(21)33-23;1-2/h5-12,28-29H,1-4H3;1-2H3. The van der Waals surface area contributed by atoms with Crippen LogP contribution in [0.3, 0.4) is 0 Å². The maximum Gasteiger partial charge on any atom is 0.214 e. The molecule has 0 aliphatic carbocycles. The summed E-state index contributed by atoms with van der Waals surface area (Å²) in [6, 6.07) is 7.38. The molecule has 2 N–H and O–H groups in total. The molecule has 6 aromatic rings. The average molecular weight is 541 g/mol. The Kier molecular flexibility index (Phi) is 6.75. The molecule has 3 aromatic heterocycles. The Bertz CT molecular complexity index is 1980. The van der Waals surface area contributed by atoms with Gasteiger partial charge in [-0.25, -0.2) is 19.9 Å². The van der Waals surface area contributed by atoms with Crippen molar-refractivity contribution in [3.8, 4) is 20.9 Å². The molecule has 9 heteroatoms. The third-order valence-corrected chi connectivity index (χ3v) is 8.92. The summed E-state index contributed by atoms with van der Waals surface area (Å²) < 4.78 is 0. The minimum Gasteiger partial charge on any atom is -0.298 e. The summed E-state index contributed by atoms with van der Waals surface area (Å²) in [6.07, 6.45) is 3.49. The van der Waals surface area contributed by atoms with Crippen LogP contribution >= 0.6 is 22.7 Å². The van der Waals surface area contributed by atoms with Crippen LogP contribution in [-0.2, 0) is 0 Å². The van der Waals surface area contributed by atoms with Gasteiger partial charge in [0.15, 0.2) is 0 Å². The summed E-state index contributed by atoms with van der Waals surface area (Å²) >= 11 is 2.99. The first-order chi connectivity index (χ1) is 18.3. The van der Waals surface area contributed by atoms with E-state index in [4.69, 9.17) is 20.8 Å². The number of hydrogen-bond donors (Lipinski definition) is 2. The minimum atomic E-state index is -0.170. The molecule has 3 aromatic carbocycles. The normalized spacial score (nSPS) is 11.7. The molecule has 0 aliphatic heterocycles. The topological polar surface area (TPSA) is 116 Å². The second kappa shape index (κ2) is 9.89. The minimum absolute atomic E-state index is 0.0492. The Morgan fingerprint density at radius 3 is 1.58 bits per heavy atom. The molecular weight excluding hydrogens is 512 g/mol. The molecular formula is C29H28N6OS2. The van der Waals surface area contributed by atoms with Crippen LogP contribution in [0.1, 0.15) is 63.4 Å². The van der Waals surface area contributed by atoms with E-state index in [0.29, 0.717) is 33.1 Å². The fourth-order valence-electron chi connectivity index (χ4n) is 4.45. The van der Waals surface area contributed by atoms with E-state index in [2.05, 4.69) is 37.7 Å². The van der Waals surface area contributed by atoms with Gasteiger partial charge in [0.2, 0.25) is 5.43 Å². The van der Waals surface area contributed by atoms with Crippen molar-refractivity contribution in [3.05, 3.63) is 67.6 Å². The zero-order chi connectivity index (χ0) is 27.3. The number of fused-ring (bicyclic) bond motifs is 4. The van der Waals surface area contributed by atoms with Crippen LogP contribution < -0.4 is 16.1 Å². The number of nitrogens with one attached hydrogen (secondary N) is 2. The van der Waals surface area contributed by atoms with Crippen LogP contribution in [0.4, 0.5) is 0 Å². The molecule has 0 unspecified atom stereocenters. The van der Waals surface area contributed by atoms with Crippen molar-refractivity contribution in [2.24, 2.45) is 0 Å². The summed E-state index contributed by atoms with van der Waals surface area (Å²) in [5, 5.41) is 21.4. The highest BCUT2D eigenvalue weighted by atomic mass is 32.1. The third-order valence-electron chi connectivity index (χ3n) is 6.29. The van der Waals surface area contributed by atoms with E-state index < -0.39 is 0 Å². The van der Waals surface area contributed by atoms with E-state index in [1.54, 1.807) is 18.5 Å². The lowest BCUT2D eigenvalue weighted by molar-refractivity contribution is 0.852. The van der Waals surface area contributed by atoms with Gasteiger partial charge in [-0.1, -0.05) is 65.8 Å². The first-order valence-electron chi connectivity index (χ1n) is 12.7. The van der Waals surface area contributed by atoms with Gasteiger partial charge in [0.05, 0.1) is 30.5 Å². The van der Waals surface area contributed by atoms with Crippen LogP contribution in [0.2, 0.25) is 0 Å². The van der Waals surface area contributed by atoms with Crippen LogP contribution in [0.15, 0.2) is 41.5 Å². The highest BCUT2D eigenvalue weighted by Crippen LogP contribution is 2.37. The largest absolute Gasteiger partial charge is 0.298 e. The molecule has 0 saturated heterocycles. The highest BCUT2D eigenvalue weighted by molar-refractivity contribution is 7.15. The Hall–Kier alpha value is -3.69. The number of thiazole rings is 2. The monoisotopic (exact) mass is 540 g/mol.